The van der Waals surface area contributed by atoms with Crippen molar-refractivity contribution in [2.45, 2.75) is 15.8 Å². The summed E-state index contributed by atoms with van der Waals surface area (Å²) in [5, 5.41) is 7.32. The summed E-state index contributed by atoms with van der Waals surface area (Å²) in [4.78, 5) is 18.6. The molecular formula is C20H20FN5O3S2. The van der Waals surface area contributed by atoms with Gasteiger partial charge in [-0.2, -0.15) is 9.40 Å². The number of aromatic amines is 1. The Balaban J connectivity index is 1.34. The van der Waals surface area contributed by atoms with E-state index in [9.17, 15) is 17.6 Å². The molecule has 3 aromatic rings. The van der Waals surface area contributed by atoms with Crippen molar-refractivity contribution in [2.24, 2.45) is 0 Å². The van der Waals surface area contributed by atoms with E-state index in [0.717, 1.165) is 22.9 Å². The molecular weight excluding hydrogens is 441 g/mol. The number of halogens is 1. The number of nitrogens with one attached hydrogen (secondary N) is 1. The molecule has 0 radical (unpaired) electrons. The fourth-order valence-corrected chi connectivity index (χ4v) is 5.39. The van der Waals surface area contributed by atoms with E-state index < -0.39 is 15.8 Å². The number of hydrogen-bond donors (Lipinski definition) is 1. The Bertz CT molecular complexity index is 1130. The number of sulfonamides is 1. The van der Waals surface area contributed by atoms with Gasteiger partial charge in [-0.1, -0.05) is 23.9 Å². The molecule has 1 aliphatic rings. The monoisotopic (exact) mass is 461 g/mol. The number of hydrogen-bond acceptors (Lipinski definition) is 6. The van der Waals surface area contributed by atoms with Crippen LogP contribution in [0, 0.1) is 5.82 Å². The largest absolute Gasteiger partial charge is 0.336 e. The van der Waals surface area contributed by atoms with Gasteiger partial charge in [0.25, 0.3) is 5.91 Å². The fraction of sp³-hybridized carbons (Fsp3) is 0.250. The molecule has 1 saturated heterocycles. The van der Waals surface area contributed by atoms with Gasteiger partial charge in [0.1, 0.15) is 12.1 Å². The third-order valence-corrected chi connectivity index (χ3v) is 7.81. The van der Waals surface area contributed by atoms with E-state index in [1.165, 1.54) is 34.5 Å². The molecule has 0 atom stereocenters. The van der Waals surface area contributed by atoms with Crippen molar-refractivity contribution in [3.63, 3.8) is 0 Å². The number of H-pyrrole nitrogens is 1. The Morgan fingerprint density at radius 2 is 1.71 bits per heavy atom. The zero-order valence-corrected chi connectivity index (χ0v) is 18.1. The van der Waals surface area contributed by atoms with Crippen LogP contribution in [-0.2, 0) is 15.8 Å². The van der Waals surface area contributed by atoms with Crippen molar-refractivity contribution in [3.05, 3.63) is 71.8 Å². The first-order chi connectivity index (χ1) is 14.9. The molecule has 4 rings (SSSR count). The predicted molar refractivity (Wildman–Crippen MR) is 113 cm³/mol. The van der Waals surface area contributed by atoms with E-state index in [-0.39, 0.29) is 23.9 Å². The van der Waals surface area contributed by atoms with Crippen LogP contribution >= 0.6 is 11.8 Å². The van der Waals surface area contributed by atoms with Crippen molar-refractivity contribution >= 4 is 27.7 Å². The normalized spacial score (nSPS) is 15.2. The SMILES string of the molecule is O=C(c1ccc(CSc2ncn[nH]2)cc1)N1CCN(S(=O)(=O)c2ccc(F)cc2)CC1. The summed E-state index contributed by atoms with van der Waals surface area (Å²) in [5.41, 5.74) is 1.61. The number of carbonyl (C=O) groups is 1. The summed E-state index contributed by atoms with van der Waals surface area (Å²) in [5.74, 6) is 0.0778. The number of amides is 1. The van der Waals surface area contributed by atoms with Crippen LogP contribution in [0.1, 0.15) is 15.9 Å². The van der Waals surface area contributed by atoms with Crippen molar-refractivity contribution in [1.82, 2.24) is 24.4 Å². The summed E-state index contributed by atoms with van der Waals surface area (Å²) in [6.45, 7) is 0.972. The average molecular weight is 462 g/mol. The second-order valence-electron chi connectivity index (χ2n) is 6.93. The topological polar surface area (TPSA) is 99.3 Å². The van der Waals surface area contributed by atoms with Gasteiger partial charge in [0.2, 0.25) is 10.0 Å². The quantitative estimate of drug-likeness (QED) is 0.566. The molecule has 2 heterocycles. The molecule has 0 spiro atoms. The Morgan fingerprint density at radius 1 is 1.03 bits per heavy atom. The number of thioether (sulfide) groups is 1. The van der Waals surface area contributed by atoms with Crippen LogP contribution in [0.4, 0.5) is 4.39 Å². The number of carbonyl (C=O) groups excluding carboxylic acids is 1. The molecule has 1 aliphatic heterocycles. The molecule has 0 unspecified atom stereocenters. The van der Waals surface area contributed by atoms with Crippen molar-refractivity contribution in [2.75, 3.05) is 26.2 Å². The van der Waals surface area contributed by atoms with E-state index in [1.807, 2.05) is 12.1 Å². The van der Waals surface area contributed by atoms with E-state index >= 15 is 0 Å². The van der Waals surface area contributed by atoms with Crippen LogP contribution in [-0.4, -0.2) is 64.9 Å². The minimum absolute atomic E-state index is 0.0486. The lowest BCUT2D eigenvalue weighted by molar-refractivity contribution is 0.0698. The molecule has 2 aromatic carbocycles. The third kappa shape index (κ3) is 4.94. The number of nitrogens with zero attached hydrogens (tertiary/aromatic N) is 4. The zero-order valence-electron chi connectivity index (χ0n) is 16.4. The van der Waals surface area contributed by atoms with Crippen LogP contribution in [0.25, 0.3) is 0 Å². The fourth-order valence-electron chi connectivity index (χ4n) is 3.23. The maximum Gasteiger partial charge on any atom is 0.253 e. The van der Waals surface area contributed by atoms with Gasteiger partial charge in [-0.3, -0.25) is 9.89 Å². The van der Waals surface area contributed by atoms with Gasteiger partial charge in [0, 0.05) is 37.5 Å². The first-order valence-electron chi connectivity index (χ1n) is 9.55. The van der Waals surface area contributed by atoms with Crippen LogP contribution in [0.3, 0.4) is 0 Å². The Labute approximate surface area is 183 Å². The minimum Gasteiger partial charge on any atom is -0.336 e. The van der Waals surface area contributed by atoms with Crippen LogP contribution < -0.4 is 0 Å². The zero-order chi connectivity index (χ0) is 21.8. The Kier molecular flexibility index (Phi) is 6.35. The maximum atomic E-state index is 13.1. The van der Waals surface area contributed by atoms with Gasteiger partial charge in [-0.25, -0.2) is 17.8 Å². The first kappa shape index (κ1) is 21.5. The molecule has 0 saturated carbocycles. The third-order valence-electron chi connectivity index (χ3n) is 4.95. The summed E-state index contributed by atoms with van der Waals surface area (Å²) in [7, 11) is -3.71. The van der Waals surface area contributed by atoms with Crippen LogP contribution in [0.2, 0.25) is 0 Å². The molecule has 0 bridgehead atoms. The average Bonchev–Trinajstić information content (AvgIpc) is 3.32. The van der Waals surface area contributed by atoms with Gasteiger partial charge in [-0.15, -0.1) is 0 Å². The second kappa shape index (κ2) is 9.16. The number of benzene rings is 2. The van der Waals surface area contributed by atoms with E-state index in [0.29, 0.717) is 24.4 Å². The Hall–Kier alpha value is -2.76. The molecule has 162 valence electrons. The summed E-state index contributed by atoms with van der Waals surface area (Å²) in [6, 6.07) is 12.1. The highest BCUT2D eigenvalue weighted by Crippen LogP contribution is 2.21. The smallest absolute Gasteiger partial charge is 0.253 e. The first-order valence-corrected chi connectivity index (χ1v) is 12.0. The van der Waals surface area contributed by atoms with Crippen molar-refractivity contribution in [3.8, 4) is 0 Å². The molecule has 0 aliphatic carbocycles. The standard InChI is InChI=1S/C20H20FN5O3S2/c21-17-5-7-18(8-6-17)31(28,29)26-11-9-25(10-12-26)19(27)16-3-1-15(2-4-16)13-30-20-22-14-23-24-20/h1-8,14H,9-13H2,(H,22,23,24). The van der Waals surface area contributed by atoms with Gasteiger partial charge < -0.3 is 4.90 Å². The lowest BCUT2D eigenvalue weighted by Gasteiger charge is -2.34. The van der Waals surface area contributed by atoms with Crippen LogP contribution in [0.5, 0.6) is 0 Å². The van der Waals surface area contributed by atoms with Gasteiger partial charge in [-0.05, 0) is 42.0 Å². The molecule has 8 nitrogen and oxygen atoms in total. The molecule has 31 heavy (non-hydrogen) atoms. The lowest BCUT2D eigenvalue weighted by Crippen LogP contribution is -2.50. The molecule has 1 amide bonds. The highest BCUT2D eigenvalue weighted by molar-refractivity contribution is 7.98. The number of rotatable bonds is 6. The Morgan fingerprint density at radius 3 is 2.32 bits per heavy atom. The summed E-state index contributed by atoms with van der Waals surface area (Å²) >= 11 is 1.52. The predicted octanol–water partition coefficient (Wildman–Crippen LogP) is 2.38. The molecule has 11 heteroatoms. The van der Waals surface area contributed by atoms with Crippen molar-refractivity contribution < 1.29 is 17.6 Å². The minimum atomic E-state index is -3.71. The highest BCUT2D eigenvalue weighted by atomic mass is 32.2. The summed E-state index contributed by atoms with van der Waals surface area (Å²) in [6.07, 6.45) is 1.45. The lowest BCUT2D eigenvalue weighted by atomic mass is 10.1. The number of piperazine rings is 1. The highest BCUT2D eigenvalue weighted by Gasteiger charge is 2.30. The van der Waals surface area contributed by atoms with E-state index in [4.69, 9.17) is 0 Å². The van der Waals surface area contributed by atoms with Gasteiger partial charge in [0.15, 0.2) is 5.16 Å². The number of aromatic nitrogens is 3. The van der Waals surface area contributed by atoms with E-state index in [2.05, 4.69) is 15.2 Å². The van der Waals surface area contributed by atoms with Gasteiger partial charge in [0.05, 0.1) is 4.90 Å². The molecule has 1 fully saturated rings. The molecule has 1 aromatic heterocycles. The van der Waals surface area contributed by atoms with Gasteiger partial charge >= 0.3 is 0 Å². The summed E-state index contributed by atoms with van der Waals surface area (Å²) < 4.78 is 39.9. The molecule has 1 N–H and O–H groups in total. The second-order valence-corrected chi connectivity index (χ2v) is 9.83. The van der Waals surface area contributed by atoms with E-state index in [1.54, 1.807) is 17.0 Å². The van der Waals surface area contributed by atoms with Crippen molar-refractivity contribution in [1.29, 1.82) is 0 Å². The maximum absolute atomic E-state index is 13.1. The van der Waals surface area contributed by atoms with Crippen LogP contribution in [0.15, 0.2) is 64.9 Å².